The predicted octanol–water partition coefficient (Wildman–Crippen LogP) is 0.906. The maximum absolute atomic E-state index is 12.6. The lowest BCUT2D eigenvalue weighted by atomic mass is 10.2. The summed E-state index contributed by atoms with van der Waals surface area (Å²) in [6, 6.07) is -0.782. The van der Waals surface area contributed by atoms with Crippen molar-refractivity contribution in [3.05, 3.63) is 29.8 Å². The number of amides is 2. The number of hydrogen-bond acceptors (Lipinski definition) is 6. The molecule has 3 heterocycles. The van der Waals surface area contributed by atoms with Crippen molar-refractivity contribution in [2.45, 2.75) is 45.4 Å². The molecule has 0 bridgehead atoms. The molecule has 29 heavy (non-hydrogen) atoms. The summed E-state index contributed by atoms with van der Waals surface area (Å²) >= 11 is 0. The molecular weight excluding hydrogens is 380 g/mol. The normalized spacial score (nSPS) is 17.1. The number of anilines is 1. The fourth-order valence-corrected chi connectivity index (χ4v) is 2.96. The van der Waals surface area contributed by atoms with Gasteiger partial charge in [-0.05, 0) is 26.7 Å². The van der Waals surface area contributed by atoms with Gasteiger partial charge in [0.25, 0.3) is 5.91 Å². The molecule has 3 rings (SSSR count). The Bertz CT molecular complexity index is 898. The zero-order chi connectivity index (χ0) is 21.0. The summed E-state index contributed by atoms with van der Waals surface area (Å²) in [5.41, 5.74) is 0.369. The number of rotatable bonds is 8. The number of hydrogen-bond donors (Lipinski definition) is 3. The van der Waals surface area contributed by atoms with E-state index in [0.29, 0.717) is 19.7 Å². The summed E-state index contributed by atoms with van der Waals surface area (Å²) in [6.07, 6.45) is 5.89. The summed E-state index contributed by atoms with van der Waals surface area (Å²) in [6.45, 7) is 5.05. The van der Waals surface area contributed by atoms with E-state index in [4.69, 9.17) is 9.84 Å². The van der Waals surface area contributed by atoms with E-state index in [0.717, 1.165) is 12.8 Å². The molecule has 2 unspecified atom stereocenters. The number of carbonyl (C=O) groups is 3. The van der Waals surface area contributed by atoms with Crippen LogP contribution in [0.3, 0.4) is 0 Å². The molecule has 0 aromatic carbocycles. The number of aryl methyl sites for hydroxylation is 1. The Balaban J connectivity index is 1.69. The highest BCUT2D eigenvalue weighted by Crippen LogP contribution is 2.18. The Morgan fingerprint density at radius 3 is 2.79 bits per heavy atom. The SMILES string of the molecule is CCn1cc(NC(=O)C(C)n2cc(C(=O)O)cn2)c(C(=O)NCC2CCCO2)n1. The molecular formula is C18H24N6O5. The molecule has 1 aliphatic heterocycles. The van der Waals surface area contributed by atoms with Gasteiger partial charge in [-0.25, -0.2) is 4.79 Å². The van der Waals surface area contributed by atoms with Crippen molar-refractivity contribution in [3.63, 3.8) is 0 Å². The lowest BCUT2D eigenvalue weighted by Gasteiger charge is -2.13. The molecule has 2 aromatic rings. The van der Waals surface area contributed by atoms with Crippen LogP contribution in [0.25, 0.3) is 0 Å². The number of aromatic nitrogens is 4. The fourth-order valence-electron chi connectivity index (χ4n) is 2.96. The van der Waals surface area contributed by atoms with Crippen molar-refractivity contribution in [1.82, 2.24) is 24.9 Å². The minimum atomic E-state index is -1.13. The molecule has 0 aliphatic carbocycles. The second kappa shape index (κ2) is 8.86. The Kier molecular flexibility index (Phi) is 6.27. The Morgan fingerprint density at radius 2 is 2.17 bits per heavy atom. The number of aromatic carboxylic acids is 1. The molecule has 11 heteroatoms. The van der Waals surface area contributed by atoms with Crippen LogP contribution in [0, 0.1) is 0 Å². The third kappa shape index (κ3) is 4.80. The first-order chi connectivity index (χ1) is 13.9. The third-order valence-corrected chi connectivity index (χ3v) is 4.70. The second-order valence-corrected chi connectivity index (χ2v) is 6.77. The van der Waals surface area contributed by atoms with Gasteiger partial charge in [-0.1, -0.05) is 0 Å². The van der Waals surface area contributed by atoms with Crippen LogP contribution in [0.15, 0.2) is 18.6 Å². The third-order valence-electron chi connectivity index (χ3n) is 4.70. The van der Waals surface area contributed by atoms with E-state index >= 15 is 0 Å². The van der Waals surface area contributed by atoms with Gasteiger partial charge in [0.1, 0.15) is 6.04 Å². The fraction of sp³-hybridized carbons (Fsp3) is 0.500. The van der Waals surface area contributed by atoms with Gasteiger partial charge in [0, 0.05) is 32.1 Å². The molecule has 2 aromatic heterocycles. The van der Waals surface area contributed by atoms with Crippen molar-refractivity contribution < 1.29 is 24.2 Å². The van der Waals surface area contributed by atoms with Gasteiger partial charge in [-0.15, -0.1) is 0 Å². The van der Waals surface area contributed by atoms with Crippen molar-refractivity contribution >= 4 is 23.5 Å². The minimum absolute atomic E-state index is 0.00600. The van der Waals surface area contributed by atoms with Gasteiger partial charge in [0.15, 0.2) is 5.69 Å². The standard InChI is InChI=1S/C18H24N6O5/c1-3-23-10-14(15(22-23)17(26)19-8-13-5-4-6-29-13)21-16(25)11(2)24-9-12(7-20-24)18(27)28/h7,9-11,13H,3-6,8H2,1-2H3,(H,19,26)(H,21,25)(H,27,28). The maximum atomic E-state index is 12.6. The Hall–Kier alpha value is -3.21. The molecule has 1 aliphatic rings. The van der Waals surface area contributed by atoms with Crippen LogP contribution in [-0.4, -0.2) is 61.7 Å². The van der Waals surface area contributed by atoms with Crippen LogP contribution in [0.4, 0.5) is 5.69 Å². The molecule has 1 saturated heterocycles. The molecule has 1 fully saturated rings. The molecule has 156 valence electrons. The largest absolute Gasteiger partial charge is 0.478 e. The molecule has 0 spiro atoms. The predicted molar refractivity (Wildman–Crippen MR) is 102 cm³/mol. The minimum Gasteiger partial charge on any atom is -0.478 e. The van der Waals surface area contributed by atoms with Crippen LogP contribution >= 0.6 is 0 Å². The van der Waals surface area contributed by atoms with Crippen LogP contribution in [0.5, 0.6) is 0 Å². The molecule has 0 saturated carbocycles. The van der Waals surface area contributed by atoms with Crippen LogP contribution in [0.2, 0.25) is 0 Å². The van der Waals surface area contributed by atoms with Crippen LogP contribution < -0.4 is 10.6 Å². The zero-order valence-electron chi connectivity index (χ0n) is 16.3. The zero-order valence-corrected chi connectivity index (χ0v) is 16.3. The first-order valence-electron chi connectivity index (χ1n) is 9.44. The maximum Gasteiger partial charge on any atom is 0.338 e. The average molecular weight is 404 g/mol. The van der Waals surface area contributed by atoms with Crippen molar-refractivity contribution in [3.8, 4) is 0 Å². The Morgan fingerprint density at radius 1 is 1.38 bits per heavy atom. The van der Waals surface area contributed by atoms with Gasteiger partial charge < -0.3 is 20.5 Å². The van der Waals surface area contributed by atoms with Gasteiger partial charge in [0.2, 0.25) is 5.91 Å². The van der Waals surface area contributed by atoms with E-state index in [1.54, 1.807) is 17.8 Å². The molecule has 2 atom stereocenters. The van der Waals surface area contributed by atoms with Crippen molar-refractivity contribution in [2.75, 3.05) is 18.5 Å². The monoisotopic (exact) mass is 404 g/mol. The van der Waals surface area contributed by atoms with E-state index in [-0.39, 0.29) is 23.0 Å². The Labute approximate surface area is 167 Å². The van der Waals surface area contributed by atoms with Gasteiger partial charge in [0.05, 0.1) is 23.6 Å². The smallest absolute Gasteiger partial charge is 0.338 e. The lowest BCUT2D eigenvalue weighted by molar-refractivity contribution is -0.119. The topological polar surface area (TPSA) is 140 Å². The number of nitrogens with zero attached hydrogens (tertiary/aromatic N) is 4. The quantitative estimate of drug-likeness (QED) is 0.594. The highest BCUT2D eigenvalue weighted by Gasteiger charge is 2.24. The second-order valence-electron chi connectivity index (χ2n) is 6.77. The number of ether oxygens (including phenoxy) is 1. The summed E-state index contributed by atoms with van der Waals surface area (Å²) < 4.78 is 8.30. The molecule has 0 radical (unpaired) electrons. The number of carboxylic acids is 1. The average Bonchev–Trinajstić information content (AvgIpc) is 3.45. The summed E-state index contributed by atoms with van der Waals surface area (Å²) in [5.74, 6) is -1.98. The van der Waals surface area contributed by atoms with Crippen LogP contribution in [-0.2, 0) is 16.1 Å². The van der Waals surface area contributed by atoms with Gasteiger partial charge >= 0.3 is 5.97 Å². The highest BCUT2D eigenvalue weighted by atomic mass is 16.5. The van der Waals surface area contributed by atoms with Crippen molar-refractivity contribution in [2.24, 2.45) is 0 Å². The number of carbonyl (C=O) groups excluding carboxylic acids is 2. The summed E-state index contributed by atoms with van der Waals surface area (Å²) in [4.78, 5) is 36.2. The van der Waals surface area contributed by atoms with Crippen LogP contribution in [0.1, 0.15) is 53.6 Å². The molecule has 3 N–H and O–H groups in total. The van der Waals surface area contributed by atoms with E-state index < -0.39 is 23.8 Å². The first kappa shape index (κ1) is 20.5. The summed E-state index contributed by atoms with van der Waals surface area (Å²) in [5, 5.41) is 22.6. The van der Waals surface area contributed by atoms with Gasteiger partial charge in [-0.3, -0.25) is 19.0 Å². The van der Waals surface area contributed by atoms with E-state index in [1.165, 1.54) is 17.1 Å². The first-order valence-corrected chi connectivity index (χ1v) is 9.44. The molecule has 2 amide bonds. The highest BCUT2D eigenvalue weighted by molar-refractivity contribution is 6.03. The number of carboxylic acid groups (broad SMARTS) is 1. The van der Waals surface area contributed by atoms with E-state index in [2.05, 4.69) is 20.8 Å². The van der Waals surface area contributed by atoms with Crippen molar-refractivity contribution in [1.29, 1.82) is 0 Å². The summed E-state index contributed by atoms with van der Waals surface area (Å²) in [7, 11) is 0. The van der Waals surface area contributed by atoms with E-state index in [1.807, 2.05) is 6.92 Å². The lowest BCUT2D eigenvalue weighted by Crippen LogP contribution is -2.33. The van der Waals surface area contributed by atoms with Gasteiger partial charge in [-0.2, -0.15) is 10.2 Å². The number of nitrogens with one attached hydrogen (secondary N) is 2. The van der Waals surface area contributed by atoms with E-state index in [9.17, 15) is 14.4 Å². The molecule has 11 nitrogen and oxygen atoms in total.